The number of methoxy groups -OCH3 is 2. The highest BCUT2D eigenvalue weighted by molar-refractivity contribution is 5.93. The number of carbonyl (C=O) groups excluding carboxylic acids is 2. The van der Waals surface area contributed by atoms with Crippen LogP contribution in [0.25, 0.3) is 0 Å². The highest BCUT2D eigenvalue weighted by Crippen LogP contribution is 2.10. The summed E-state index contributed by atoms with van der Waals surface area (Å²) in [5, 5.41) is 4.64. The van der Waals surface area contributed by atoms with E-state index >= 15 is 0 Å². The number of guanidine groups is 2. The first-order valence-electron chi connectivity index (χ1n) is 9.79. The van der Waals surface area contributed by atoms with Gasteiger partial charge in [0.15, 0.2) is 11.9 Å². The first-order valence-corrected chi connectivity index (χ1v) is 9.79. The van der Waals surface area contributed by atoms with E-state index in [1.54, 1.807) is 0 Å². The highest BCUT2D eigenvalue weighted by Gasteiger charge is 2.00. The third-order valence-corrected chi connectivity index (χ3v) is 3.96. The van der Waals surface area contributed by atoms with Crippen molar-refractivity contribution in [2.75, 3.05) is 27.3 Å². The lowest BCUT2D eigenvalue weighted by molar-refractivity contribution is 0.175. The van der Waals surface area contributed by atoms with Crippen LogP contribution in [0.3, 0.4) is 0 Å². The standard InChI is InChI=1S/C18H36N6O4/c1-27-17(25)23-15(19)21-13-11-9-7-5-3-4-6-8-10-12-14-22-16(20)24-18(26)28-2/h3-14H2,1-2H3,(H3,19,21,23,25)(H3,20,22,24,26). The van der Waals surface area contributed by atoms with Crippen LogP contribution in [-0.2, 0) is 9.47 Å². The molecule has 0 bridgehead atoms. The van der Waals surface area contributed by atoms with E-state index in [1.807, 2.05) is 0 Å². The molecular weight excluding hydrogens is 364 g/mol. The average molecular weight is 401 g/mol. The predicted octanol–water partition coefficient (Wildman–Crippen LogP) is 2.23. The van der Waals surface area contributed by atoms with Crippen LogP contribution in [0, 0.1) is 0 Å². The summed E-state index contributed by atoms with van der Waals surface area (Å²) in [4.78, 5) is 29.9. The van der Waals surface area contributed by atoms with Gasteiger partial charge in [-0.15, -0.1) is 0 Å². The molecule has 10 heteroatoms. The van der Waals surface area contributed by atoms with Crippen LogP contribution < -0.4 is 22.1 Å². The van der Waals surface area contributed by atoms with Gasteiger partial charge in [0.25, 0.3) is 0 Å². The minimum Gasteiger partial charge on any atom is -0.453 e. The van der Waals surface area contributed by atoms with Crippen molar-refractivity contribution in [3.63, 3.8) is 0 Å². The number of ether oxygens (including phenoxy) is 2. The summed E-state index contributed by atoms with van der Waals surface area (Å²) >= 11 is 0. The van der Waals surface area contributed by atoms with E-state index in [0.717, 1.165) is 25.7 Å². The summed E-state index contributed by atoms with van der Waals surface area (Å²) in [5.74, 6) is 0.194. The number of alkyl carbamates (subject to hydrolysis) is 2. The summed E-state index contributed by atoms with van der Waals surface area (Å²) in [5.41, 5.74) is 11.1. The van der Waals surface area contributed by atoms with Crippen LogP contribution in [-0.4, -0.2) is 51.4 Å². The van der Waals surface area contributed by atoms with Crippen molar-refractivity contribution < 1.29 is 19.1 Å². The molecule has 0 aliphatic heterocycles. The van der Waals surface area contributed by atoms with Crippen molar-refractivity contribution in [1.82, 2.24) is 10.6 Å². The molecule has 28 heavy (non-hydrogen) atoms. The van der Waals surface area contributed by atoms with Crippen LogP contribution in [0.4, 0.5) is 9.59 Å². The van der Waals surface area contributed by atoms with Crippen LogP contribution in [0.15, 0.2) is 9.98 Å². The molecule has 0 spiro atoms. The third-order valence-electron chi connectivity index (χ3n) is 3.96. The number of nitrogens with two attached hydrogens (primary N) is 2. The molecule has 6 N–H and O–H groups in total. The van der Waals surface area contributed by atoms with Crippen molar-refractivity contribution in [3.8, 4) is 0 Å². The lowest BCUT2D eigenvalue weighted by Gasteiger charge is -2.04. The van der Waals surface area contributed by atoms with Crippen molar-refractivity contribution in [2.24, 2.45) is 21.5 Å². The molecule has 0 radical (unpaired) electrons. The molecule has 0 aromatic carbocycles. The maximum Gasteiger partial charge on any atom is 0.413 e. The Balaban J connectivity index is 3.38. The summed E-state index contributed by atoms with van der Waals surface area (Å²) in [6, 6.07) is 0. The maximum atomic E-state index is 10.9. The number of amides is 2. The molecule has 0 aromatic heterocycles. The van der Waals surface area contributed by atoms with E-state index in [1.165, 1.54) is 52.7 Å². The second kappa shape index (κ2) is 17.9. The fourth-order valence-corrected chi connectivity index (χ4v) is 2.43. The van der Waals surface area contributed by atoms with Gasteiger partial charge in [-0.2, -0.15) is 0 Å². The van der Waals surface area contributed by atoms with Gasteiger partial charge in [-0.1, -0.05) is 51.4 Å². The van der Waals surface area contributed by atoms with Crippen LogP contribution in [0.5, 0.6) is 0 Å². The third kappa shape index (κ3) is 16.9. The smallest absolute Gasteiger partial charge is 0.413 e. The molecular formula is C18H36N6O4. The Morgan fingerprint density at radius 2 is 0.929 bits per heavy atom. The molecule has 10 nitrogen and oxygen atoms in total. The molecule has 0 aliphatic rings. The number of hydrogen-bond acceptors (Lipinski definition) is 6. The van der Waals surface area contributed by atoms with Crippen molar-refractivity contribution in [3.05, 3.63) is 0 Å². The van der Waals surface area contributed by atoms with Crippen LogP contribution >= 0.6 is 0 Å². The zero-order valence-electron chi connectivity index (χ0n) is 17.2. The predicted molar refractivity (Wildman–Crippen MR) is 110 cm³/mol. The first kappa shape index (κ1) is 25.5. The zero-order chi connectivity index (χ0) is 21.0. The number of rotatable bonds is 13. The highest BCUT2D eigenvalue weighted by atomic mass is 16.5. The summed E-state index contributed by atoms with van der Waals surface area (Å²) in [6.07, 6.45) is 10.2. The lowest BCUT2D eigenvalue weighted by Crippen LogP contribution is -2.36. The SMILES string of the molecule is COC(=O)NC(N)=NCCCCCCCCCCCCN=C(N)NC(=O)OC. The van der Waals surface area contributed by atoms with Crippen molar-refractivity contribution >= 4 is 24.1 Å². The van der Waals surface area contributed by atoms with Crippen LogP contribution in [0.2, 0.25) is 0 Å². The molecule has 0 rings (SSSR count). The summed E-state index contributed by atoms with van der Waals surface area (Å²) in [7, 11) is 2.56. The Bertz CT molecular complexity index is 452. The van der Waals surface area contributed by atoms with Gasteiger partial charge in [0.2, 0.25) is 0 Å². The van der Waals surface area contributed by atoms with E-state index in [-0.39, 0.29) is 11.9 Å². The molecule has 0 heterocycles. The second-order valence-corrected chi connectivity index (χ2v) is 6.30. The number of hydrogen-bond donors (Lipinski definition) is 4. The fraction of sp³-hybridized carbons (Fsp3) is 0.778. The number of unbranched alkanes of at least 4 members (excludes halogenated alkanes) is 9. The zero-order valence-corrected chi connectivity index (χ0v) is 17.2. The molecule has 0 aromatic rings. The van der Waals surface area contributed by atoms with Gasteiger partial charge in [0.05, 0.1) is 14.2 Å². The number of aliphatic imine (C=N–C) groups is 2. The minimum atomic E-state index is -0.603. The topological polar surface area (TPSA) is 153 Å². The van der Waals surface area contributed by atoms with Gasteiger partial charge in [0.1, 0.15) is 0 Å². The molecule has 2 amide bonds. The van der Waals surface area contributed by atoms with Crippen molar-refractivity contribution in [1.29, 1.82) is 0 Å². The summed E-state index contributed by atoms with van der Waals surface area (Å²) in [6.45, 7) is 1.22. The van der Waals surface area contributed by atoms with E-state index in [0.29, 0.717) is 13.1 Å². The number of nitrogens with one attached hydrogen (secondary N) is 2. The Labute approximate surface area is 167 Å². The van der Waals surface area contributed by atoms with Crippen molar-refractivity contribution in [2.45, 2.75) is 64.2 Å². The Kier molecular flexibility index (Phi) is 16.3. The van der Waals surface area contributed by atoms with Gasteiger partial charge in [-0.3, -0.25) is 20.6 Å². The number of carbonyl (C=O) groups is 2. The van der Waals surface area contributed by atoms with Gasteiger partial charge in [-0.25, -0.2) is 9.59 Å². The fourth-order valence-electron chi connectivity index (χ4n) is 2.43. The van der Waals surface area contributed by atoms with Gasteiger partial charge >= 0.3 is 12.2 Å². The molecule has 0 saturated carbocycles. The monoisotopic (exact) mass is 400 g/mol. The molecule has 0 fully saturated rings. The van der Waals surface area contributed by atoms with E-state index < -0.39 is 12.2 Å². The lowest BCUT2D eigenvalue weighted by atomic mass is 10.1. The molecule has 0 aliphatic carbocycles. The van der Waals surface area contributed by atoms with Gasteiger partial charge in [-0.05, 0) is 12.8 Å². The van der Waals surface area contributed by atoms with E-state index in [2.05, 4.69) is 30.1 Å². The van der Waals surface area contributed by atoms with Gasteiger partial charge in [0, 0.05) is 13.1 Å². The Hall–Kier alpha value is -2.52. The molecule has 162 valence electrons. The normalized spacial score (nSPS) is 11.8. The Morgan fingerprint density at radius 3 is 1.21 bits per heavy atom. The second-order valence-electron chi connectivity index (χ2n) is 6.30. The molecule has 0 atom stereocenters. The number of nitrogens with zero attached hydrogens (tertiary/aromatic N) is 2. The maximum absolute atomic E-state index is 10.9. The first-order chi connectivity index (χ1) is 13.5. The Morgan fingerprint density at radius 1 is 0.643 bits per heavy atom. The molecule has 0 unspecified atom stereocenters. The van der Waals surface area contributed by atoms with Gasteiger partial charge < -0.3 is 20.9 Å². The average Bonchev–Trinajstić information content (AvgIpc) is 2.67. The molecule has 0 saturated heterocycles. The van der Waals surface area contributed by atoms with E-state index in [9.17, 15) is 9.59 Å². The quantitative estimate of drug-likeness (QED) is 0.211. The minimum absolute atomic E-state index is 0.0972. The van der Waals surface area contributed by atoms with Crippen LogP contribution in [0.1, 0.15) is 64.2 Å². The largest absolute Gasteiger partial charge is 0.453 e. The van der Waals surface area contributed by atoms with E-state index in [4.69, 9.17) is 11.5 Å². The summed E-state index contributed by atoms with van der Waals surface area (Å²) < 4.78 is 8.85.